The lowest BCUT2D eigenvalue weighted by Gasteiger charge is -2.10. The molecule has 2 heterocycles. The molecule has 12 heteroatoms. The summed E-state index contributed by atoms with van der Waals surface area (Å²) >= 11 is 0. The van der Waals surface area contributed by atoms with Gasteiger partial charge in [0.25, 0.3) is 22.9 Å². The third kappa shape index (κ3) is 11.0. The van der Waals surface area contributed by atoms with Crippen molar-refractivity contribution in [1.29, 1.82) is 0 Å². The first kappa shape index (κ1) is 37.8. The van der Waals surface area contributed by atoms with Gasteiger partial charge in [0.2, 0.25) is 0 Å². The molecule has 268 valence electrons. The van der Waals surface area contributed by atoms with E-state index in [1.54, 1.807) is 0 Å². The average Bonchev–Trinajstić information content (AvgIpc) is 3.10. The number of nitrogens with one attached hydrogen (secondary N) is 4. The largest absolute Gasteiger partial charge is 0.348 e. The predicted molar refractivity (Wildman–Crippen MR) is 196 cm³/mol. The second kappa shape index (κ2) is 19.3. The van der Waals surface area contributed by atoms with Gasteiger partial charge < -0.3 is 10.6 Å². The molecule has 0 fully saturated rings. The van der Waals surface area contributed by atoms with Gasteiger partial charge in [0.05, 0.1) is 0 Å². The van der Waals surface area contributed by atoms with Crippen LogP contribution < -0.4 is 33.1 Å². The van der Waals surface area contributed by atoms with Crippen LogP contribution in [-0.2, 0) is 26.2 Å². The number of unbranched alkanes of at least 4 members (excludes halogenated alkanes) is 10. The molecule has 0 unspecified atom stereocenters. The maximum absolute atomic E-state index is 13.0. The van der Waals surface area contributed by atoms with E-state index < -0.39 is 34.3 Å². The number of nitrogens with zero attached hydrogens (tertiary/aromatic N) is 2. The molecule has 2 aromatic carbocycles. The highest BCUT2D eigenvalue weighted by Gasteiger charge is 2.15. The molecule has 0 spiro atoms. The van der Waals surface area contributed by atoms with Gasteiger partial charge in [-0.1, -0.05) is 102 Å². The number of fused-ring (bicyclic) bond motifs is 1. The summed E-state index contributed by atoms with van der Waals surface area (Å²) in [4.78, 5) is 79.9. The SMILES string of the molecule is CCCCCCCCn1cc(C(=O)NCc2ccc3ccc(CNC(=O)c4cn(CCCCCCCC)c(=O)[nH]c4=O)cc3c2)c(=O)[nH]c1=O. The van der Waals surface area contributed by atoms with E-state index in [9.17, 15) is 28.8 Å². The van der Waals surface area contributed by atoms with Crippen LogP contribution in [0.15, 0.2) is 68.0 Å². The van der Waals surface area contributed by atoms with Crippen molar-refractivity contribution in [3.05, 3.63) is 113 Å². The molecule has 12 nitrogen and oxygen atoms in total. The number of H-pyrrole nitrogens is 2. The Balaban J connectivity index is 1.35. The van der Waals surface area contributed by atoms with E-state index in [0.717, 1.165) is 86.1 Å². The maximum Gasteiger partial charge on any atom is 0.328 e. The molecule has 0 aliphatic carbocycles. The second-order valence-electron chi connectivity index (χ2n) is 12.9. The zero-order valence-electron chi connectivity index (χ0n) is 29.3. The quantitative estimate of drug-likeness (QED) is 0.0942. The number of benzene rings is 2. The molecule has 0 radical (unpaired) electrons. The third-order valence-electron chi connectivity index (χ3n) is 8.89. The zero-order chi connectivity index (χ0) is 35.9. The van der Waals surface area contributed by atoms with Crippen molar-refractivity contribution in [2.24, 2.45) is 0 Å². The topological polar surface area (TPSA) is 168 Å². The fourth-order valence-corrected chi connectivity index (χ4v) is 5.92. The van der Waals surface area contributed by atoms with Gasteiger partial charge in [-0.25, -0.2) is 9.59 Å². The Bertz CT molecular complexity index is 1850. The molecule has 2 amide bonds. The van der Waals surface area contributed by atoms with Gasteiger partial charge in [0.1, 0.15) is 11.1 Å². The number of rotatable bonds is 20. The van der Waals surface area contributed by atoms with Crippen LogP contribution in [0.5, 0.6) is 0 Å². The normalized spacial score (nSPS) is 11.2. The first-order valence-electron chi connectivity index (χ1n) is 18.0. The fraction of sp³-hybridized carbons (Fsp3) is 0.474. The fourth-order valence-electron chi connectivity index (χ4n) is 5.92. The van der Waals surface area contributed by atoms with E-state index in [1.807, 2.05) is 36.4 Å². The summed E-state index contributed by atoms with van der Waals surface area (Å²) in [6, 6.07) is 11.4. The van der Waals surface area contributed by atoms with Gasteiger partial charge in [-0.2, -0.15) is 0 Å². The summed E-state index contributed by atoms with van der Waals surface area (Å²) in [7, 11) is 0. The monoisotopic (exact) mass is 686 g/mol. The summed E-state index contributed by atoms with van der Waals surface area (Å²) < 4.78 is 2.77. The summed E-state index contributed by atoms with van der Waals surface area (Å²) in [5, 5.41) is 7.39. The van der Waals surface area contributed by atoms with E-state index >= 15 is 0 Å². The first-order chi connectivity index (χ1) is 24.2. The molecule has 50 heavy (non-hydrogen) atoms. The molecular formula is C38H50N6O6. The van der Waals surface area contributed by atoms with Crippen molar-refractivity contribution in [1.82, 2.24) is 29.7 Å². The average molecular weight is 687 g/mol. The summed E-state index contributed by atoms with van der Waals surface area (Å²) in [6.07, 6.45) is 15.3. The number of aryl methyl sites for hydroxylation is 2. The Hall–Kier alpha value is -5.00. The lowest BCUT2D eigenvalue weighted by atomic mass is 10.0. The molecule has 0 bridgehead atoms. The number of amides is 2. The predicted octanol–water partition coefficient (Wildman–Crippen LogP) is 5.12. The van der Waals surface area contributed by atoms with Crippen LogP contribution in [0.2, 0.25) is 0 Å². The summed E-state index contributed by atoms with van der Waals surface area (Å²) in [5.41, 5.74) is -1.16. The number of hydrogen-bond acceptors (Lipinski definition) is 6. The molecule has 2 aromatic heterocycles. The molecule has 0 atom stereocenters. The van der Waals surface area contributed by atoms with E-state index in [4.69, 9.17) is 0 Å². The van der Waals surface area contributed by atoms with Crippen LogP contribution in [0.4, 0.5) is 0 Å². The molecule has 4 aromatic rings. The Kier molecular flexibility index (Phi) is 14.6. The van der Waals surface area contributed by atoms with Crippen LogP contribution in [0.3, 0.4) is 0 Å². The third-order valence-corrected chi connectivity index (χ3v) is 8.89. The van der Waals surface area contributed by atoms with E-state index in [2.05, 4.69) is 34.4 Å². The molecule has 0 aliphatic heterocycles. The van der Waals surface area contributed by atoms with Crippen molar-refractivity contribution < 1.29 is 9.59 Å². The van der Waals surface area contributed by atoms with Crippen LogP contribution in [0.25, 0.3) is 10.8 Å². The number of aromatic amines is 2. The highest BCUT2D eigenvalue weighted by Crippen LogP contribution is 2.18. The van der Waals surface area contributed by atoms with Gasteiger partial charge in [0, 0.05) is 38.6 Å². The molecular weight excluding hydrogens is 636 g/mol. The van der Waals surface area contributed by atoms with E-state index in [0.29, 0.717) is 13.1 Å². The van der Waals surface area contributed by atoms with Crippen LogP contribution in [0, 0.1) is 0 Å². The van der Waals surface area contributed by atoms with Crippen LogP contribution in [0.1, 0.15) is 123 Å². The standard InChI is InChI=1S/C38H50N6O6/c1-3-5-7-9-11-13-19-43-25-31(35(47)41-37(43)49)33(45)39-23-27-15-17-29-18-16-28(22-30(29)21-27)24-40-34(46)32-26-44(38(50)42-36(32)48)20-14-12-10-8-6-4-2/h15-18,21-22,25-26H,3-14,19-20,23-24H2,1-2H3,(H,39,45)(H,40,46)(H,41,47,49)(H,42,48,50). The Labute approximate surface area is 291 Å². The van der Waals surface area contributed by atoms with Gasteiger partial charge in [0.15, 0.2) is 0 Å². The van der Waals surface area contributed by atoms with Crippen molar-refractivity contribution >= 4 is 22.6 Å². The minimum Gasteiger partial charge on any atom is -0.348 e. The molecule has 0 saturated carbocycles. The van der Waals surface area contributed by atoms with Crippen molar-refractivity contribution in [2.45, 2.75) is 117 Å². The van der Waals surface area contributed by atoms with Gasteiger partial charge in [-0.3, -0.25) is 38.3 Å². The smallest absolute Gasteiger partial charge is 0.328 e. The second-order valence-corrected chi connectivity index (χ2v) is 12.9. The highest BCUT2D eigenvalue weighted by molar-refractivity contribution is 5.94. The Morgan fingerprint density at radius 2 is 0.960 bits per heavy atom. The maximum atomic E-state index is 13.0. The zero-order valence-corrected chi connectivity index (χ0v) is 29.3. The lowest BCUT2D eigenvalue weighted by Crippen LogP contribution is -2.37. The van der Waals surface area contributed by atoms with Crippen molar-refractivity contribution in [3.63, 3.8) is 0 Å². The van der Waals surface area contributed by atoms with Gasteiger partial charge >= 0.3 is 11.4 Å². The molecule has 0 saturated heterocycles. The van der Waals surface area contributed by atoms with Gasteiger partial charge in [-0.05, 0) is 46.9 Å². The molecule has 0 aliphatic rings. The van der Waals surface area contributed by atoms with E-state index in [-0.39, 0.29) is 24.2 Å². The molecule has 4 rings (SSSR count). The summed E-state index contributed by atoms with van der Waals surface area (Å²) in [5.74, 6) is -1.15. The number of aromatic nitrogens is 4. The van der Waals surface area contributed by atoms with E-state index in [1.165, 1.54) is 34.4 Å². The summed E-state index contributed by atoms with van der Waals surface area (Å²) in [6.45, 7) is 5.48. The van der Waals surface area contributed by atoms with Crippen LogP contribution in [-0.4, -0.2) is 30.9 Å². The van der Waals surface area contributed by atoms with Crippen LogP contribution >= 0.6 is 0 Å². The molecule has 4 N–H and O–H groups in total. The Morgan fingerprint density at radius 1 is 0.560 bits per heavy atom. The first-order valence-corrected chi connectivity index (χ1v) is 18.0. The number of hydrogen-bond donors (Lipinski definition) is 4. The minimum absolute atomic E-state index is 0.119. The Morgan fingerprint density at radius 3 is 1.38 bits per heavy atom. The minimum atomic E-state index is -0.726. The van der Waals surface area contributed by atoms with Gasteiger partial charge in [-0.15, -0.1) is 0 Å². The highest BCUT2D eigenvalue weighted by atomic mass is 16.2. The number of carbonyl (C=O) groups excluding carboxylic acids is 2. The lowest BCUT2D eigenvalue weighted by molar-refractivity contribution is 0.0940. The van der Waals surface area contributed by atoms with Crippen molar-refractivity contribution in [3.8, 4) is 0 Å². The number of carbonyl (C=O) groups is 2. The van der Waals surface area contributed by atoms with Crippen molar-refractivity contribution in [2.75, 3.05) is 0 Å².